The molecule has 2 rings (SSSR count). The Morgan fingerprint density at radius 2 is 2.07 bits per heavy atom. The number of aliphatic carboxylic acids is 1. The fourth-order valence-corrected chi connectivity index (χ4v) is 3.08. The van der Waals surface area contributed by atoms with Gasteiger partial charge in [0.15, 0.2) is 0 Å². The van der Waals surface area contributed by atoms with Crippen molar-refractivity contribution in [1.29, 1.82) is 0 Å². The molecule has 1 saturated heterocycles. The first kappa shape index (κ1) is 10.8. The van der Waals surface area contributed by atoms with E-state index in [-0.39, 0.29) is 23.1 Å². The lowest BCUT2D eigenvalue weighted by atomic mass is 9.84. The highest BCUT2D eigenvalue weighted by Gasteiger charge is 2.33. The molecule has 0 aromatic carbocycles. The van der Waals surface area contributed by atoms with E-state index in [9.17, 15) is 9.59 Å². The van der Waals surface area contributed by atoms with Crippen LogP contribution in [-0.2, 0) is 9.59 Å². The Balaban J connectivity index is 1.76. The second-order valence-electron chi connectivity index (χ2n) is 4.23. The number of carboxylic acid groups (broad SMARTS) is 1. The first-order valence-electron chi connectivity index (χ1n) is 5.31. The number of carboxylic acids is 1. The van der Waals surface area contributed by atoms with Crippen LogP contribution in [0, 0.1) is 5.92 Å². The zero-order valence-corrected chi connectivity index (χ0v) is 9.26. The van der Waals surface area contributed by atoms with Crippen LogP contribution in [0.25, 0.3) is 0 Å². The lowest BCUT2D eigenvalue weighted by Crippen LogP contribution is -2.41. The van der Waals surface area contributed by atoms with Crippen LogP contribution in [0.2, 0.25) is 0 Å². The SMILES string of the molecule is O=C(N[C@@H]1CS[C@H](C(=O)O)C1)C1CCC1. The highest BCUT2D eigenvalue weighted by molar-refractivity contribution is 8.00. The molecule has 4 nitrogen and oxygen atoms in total. The minimum absolute atomic E-state index is 0.0594. The molecule has 84 valence electrons. The normalized spacial score (nSPS) is 30.9. The molecule has 0 aromatic rings. The maximum atomic E-state index is 11.6. The third-order valence-electron chi connectivity index (χ3n) is 3.09. The molecule has 0 radical (unpaired) electrons. The van der Waals surface area contributed by atoms with Crippen molar-refractivity contribution < 1.29 is 14.7 Å². The number of nitrogens with one attached hydrogen (secondary N) is 1. The molecule has 1 aliphatic heterocycles. The molecule has 1 amide bonds. The van der Waals surface area contributed by atoms with Crippen LogP contribution in [0.5, 0.6) is 0 Å². The van der Waals surface area contributed by atoms with Crippen LogP contribution in [-0.4, -0.2) is 34.0 Å². The van der Waals surface area contributed by atoms with E-state index in [2.05, 4.69) is 5.32 Å². The number of amides is 1. The van der Waals surface area contributed by atoms with E-state index in [0.717, 1.165) is 25.0 Å². The van der Waals surface area contributed by atoms with Gasteiger partial charge in [-0.25, -0.2) is 0 Å². The highest BCUT2D eigenvalue weighted by atomic mass is 32.2. The molecule has 2 atom stereocenters. The Kier molecular flexibility index (Phi) is 3.19. The maximum absolute atomic E-state index is 11.6. The second kappa shape index (κ2) is 4.43. The van der Waals surface area contributed by atoms with Crippen LogP contribution >= 0.6 is 11.8 Å². The number of rotatable bonds is 3. The van der Waals surface area contributed by atoms with Crippen molar-refractivity contribution in [2.24, 2.45) is 5.92 Å². The minimum atomic E-state index is -0.764. The van der Waals surface area contributed by atoms with Crippen molar-refractivity contribution in [3.05, 3.63) is 0 Å². The van der Waals surface area contributed by atoms with Gasteiger partial charge >= 0.3 is 5.97 Å². The van der Waals surface area contributed by atoms with Gasteiger partial charge in [0.1, 0.15) is 5.25 Å². The van der Waals surface area contributed by atoms with E-state index in [1.54, 1.807) is 0 Å². The summed E-state index contributed by atoms with van der Waals surface area (Å²) in [7, 11) is 0. The average Bonchev–Trinajstić information content (AvgIpc) is 2.48. The van der Waals surface area contributed by atoms with Crippen molar-refractivity contribution in [2.75, 3.05) is 5.75 Å². The van der Waals surface area contributed by atoms with Crippen molar-refractivity contribution in [3.8, 4) is 0 Å². The number of carbonyl (C=O) groups is 2. The predicted octanol–water partition coefficient (Wildman–Crippen LogP) is 0.861. The number of hydrogen-bond acceptors (Lipinski definition) is 3. The Morgan fingerprint density at radius 3 is 2.53 bits per heavy atom. The predicted molar refractivity (Wildman–Crippen MR) is 57.8 cm³/mol. The molecule has 2 aliphatic rings. The number of thioether (sulfide) groups is 1. The minimum Gasteiger partial charge on any atom is -0.480 e. The first-order valence-corrected chi connectivity index (χ1v) is 6.36. The van der Waals surface area contributed by atoms with Gasteiger partial charge in [0.2, 0.25) is 5.91 Å². The summed E-state index contributed by atoms with van der Waals surface area (Å²) in [4.78, 5) is 22.3. The Hall–Kier alpha value is -0.710. The zero-order chi connectivity index (χ0) is 10.8. The molecule has 15 heavy (non-hydrogen) atoms. The fraction of sp³-hybridized carbons (Fsp3) is 0.800. The molecule has 0 unspecified atom stereocenters. The Morgan fingerprint density at radius 1 is 1.33 bits per heavy atom. The van der Waals surface area contributed by atoms with Gasteiger partial charge in [0, 0.05) is 17.7 Å². The third-order valence-corrected chi connectivity index (χ3v) is 4.49. The quantitative estimate of drug-likeness (QED) is 0.753. The Bertz CT molecular complexity index is 278. The van der Waals surface area contributed by atoms with E-state index in [4.69, 9.17) is 5.11 Å². The van der Waals surface area contributed by atoms with Crippen LogP contribution in [0.3, 0.4) is 0 Å². The molecular formula is C10H15NO3S. The highest BCUT2D eigenvalue weighted by Crippen LogP contribution is 2.29. The molecule has 0 spiro atoms. The average molecular weight is 229 g/mol. The molecule has 2 N–H and O–H groups in total. The van der Waals surface area contributed by atoms with Gasteiger partial charge in [0.25, 0.3) is 0 Å². The van der Waals surface area contributed by atoms with E-state index in [1.807, 2.05) is 0 Å². The van der Waals surface area contributed by atoms with Gasteiger partial charge in [-0.1, -0.05) is 6.42 Å². The van der Waals surface area contributed by atoms with Crippen molar-refractivity contribution >= 4 is 23.6 Å². The topological polar surface area (TPSA) is 66.4 Å². The third kappa shape index (κ3) is 2.45. The summed E-state index contributed by atoms with van der Waals surface area (Å²) in [6.07, 6.45) is 3.70. The van der Waals surface area contributed by atoms with Gasteiger partial charge in [-0.2, -0.15) is 0 Å². The zero-order valence-electron chi connectivity index (χ0n) is 8.44. The number of carbonyl (C=O) groups excluding carboxylic acids is 1. The van der Waals surface area contributed by atoms with Crippen LogP contribution < -0.4 is 5.32 Å². The smallest absolute Gasteiger partial charge is 0.316 e. The molecule has 5 heteroatoms. The fourth-order valence-electron chi connectivity index (χ4n) is 1.89. The lowest BCUT2D eigenvalue weighted by Gasteiger charge is -2.25. The summed E-state index contributed by atoms with van der Waals surface area (Å²) < 4.78 is 0. The molecule has 1 saturated carbocycles. The van der Waals surface area contributed by atoms with Crippen LogP contribution in [0.1, 0.15) is 25.7 Å². The van der Waals surface area contributed by atoms with E-state index in [0.29, 0.717) is 6.42 Å². The molecule has 0 aromatic heterocycles. The van der Waals surface area contributed by atoms with E-state index < -0.39 is 5.97 Å². The lowest BCUT2D eigenvalue weighted by molar-refractivity contribution is -0.136. The monoisotopic (exact) mass is 229 g/mol. The van der Waals surface area contributed by atoms with Crippen molar-refractivity contribution in [3.63, 3.8) is 0 Å². The van der Waals surface area contributed by atoms with Gasteiger partial charge in [-0.05, 0) is 19.3 Å². The van der Waals surface area contributed by atoms with E-state index in [1.165, 1.54) is 11.8 Å². The second-order valence-corrected chi connectivity index (χ2v) is 5.46. The summed E-state index contributed by atoms with van der Waals surface area (Å²) in [6.45, 7) is 0. The van der Waals surface area contributed by atoms with Crippen molar-refractivity contribution in [2.45, 2.75) is 37.0 Å². The molecule has 1 aliphatic carbocycles. The Labute approximate surface area is 92.8 Å². The molecule has 1 heterocycles. The summed E-state index contributed by atoms with van der Waals surface area (Å²) in [6, 6.07) is 0.0594. The maximum Gasteiger partial charge on any atom is 0.316 e. The van der Waals surface area contributed by atoms with Crippen LogP contribution in [0.4, 0.5) is 0 Å². The van der Waals surface area contributed by atoms with Crippen molar-refractivity contribution in [1.82, 2.24) is 5.32 Å². The first-order chi connectivity index (χ1) is 7.16. The molecular weight excluding hydrogens is 214 g/mol. The summed E-state index contributed by atoms with van der Waals surface area (Å²) >= 11 is 1.42. The molecule has 2 fully saturated rings. The van der Waals surface area contributed by atoms with Gasteiger partial charge in [-0.15, -0.1) is 11.8 Å². The standard InChI is InChI=1S/C10H15NO3S/c12-9(6-2-1-3-6)11-7-4-8(10(13)14)15-5-7/h6-8H,1-5H2,(H,11,12)(H,13,14)/t7-,8-/m0/s1. The molecule has 0 bridgehead atoms. The largest absolute Gasteiger partial charge is 0.480 e. The summed E-state index contributed by atoms with van der Waals surface area (Å²) in [5.41, 5.74) is 0. The van der Waals surface area contributed by atoms with E-state index >= 15 is 0 Å². The van der Waals surface area contributed by atoms with Gasteiger partial charge < -0.3 is 10.4 Å². The summed E-state index contributed by atoms with van der Waals surface area (Å²) in [5.74, 6) is 0.284. The van der Waals surface area contributed by atoms with Gasteiger partial charge in [-0.3, -0.25) is 9.59 Å². The summed E-state index contributed by atoms with van der Waals surface area (Å²) in [5, 5.41) is 11.4. The van der Waals surface area contributed by atoms with Crippen LogP contribution in [0.15, 0.2) is 0 Å². The number of hydrogen-bond donors (Lipinski definition) is 2. The van der Waals surface area contributed by atoms with Gasteiger partial charge in [0.05, 0.1) is 0 Å².